The van der Waals surface area contributed by atoms with E-state index >= 15 is 0 Å². The smallest absolute Gasteiger partial charge is 0.0783 e. The topological polar surface area (TPSA) is 56.5 Å². The van der Waals surface area contributed by atoms with E-state index in [4.69, 9.17) is 15.3 Å². The molecule has 3 N–H and O–H groups in total. The number of thioether (sulfide) groups is 1. The molecular formula is C15H30N2O2S. The lowest BCUT2D eigenvalue weighted by Gasteiger charge is -2.42. The molecule has 4 unspecified atom stereocenters. The van der Waals surface area contributed by atoms with Gasteiger partial charge in [0.05, 0.1) is 17.7 Å². The van der Waals surface area contributed by atoms with Gasteiger partial charge in [-0.05, 0) is 44.3 Å². The van der Waals surface area contributed by atoms with Crippen LogP contribution < -0.4 is 11.3 Å². The van der Waals surface area contributed by atoms with Gasteiger partial charge in [-0.2, -0.15) is 11.8 Å². The summed E-state index contributed by atoms with van der Waals surface area (Å²) in [7, 11) is 0. The number of hydrogen-bond acceptors (Lipinski definition) is 5. The molecule has 0 radical (unpaired) electrons. The normalized spacial score (nSPS) is 33.5. The van der Waals surface area contributed by atoms with E-state index in [2.05, 4.69) is 19.3 Å². The predicted octanol–water partition coefficient (Wildman–Crippen LogP) is 2.33. The number of nitrogens with one attached hydrogen (secondary N) is 1. The summed E-state index contributed by atoms with van der Waals surface area (Å²) in [6.45, 7) is 5.90. The molecule has 2 aliphatic rings. The standard InChI is InChI=1S/C15H30N2O2S/c1-3-5-13(18-4-2)14(17-16)12-6-8-19-15(10-12)7-9-20-11-15/h12-14,17H,3-11,16H2,1-2H3. The Bertz CT molecular complexity index is 279. The van der Waals surface area contributed by atoms with Gasteiger partial charge in [-0.25, -0.2) is 0 Å². The SMILES string of the molecule is CCCC(OCC)C(NN)C1CCOC2(CCSC2)C1. The minimum absolute atomic E-state index is 0.117. The van der Waals surface area contributed by atoms with Gasteiger partial charge in [0.2, 0.25) is 0 Å². The van der Waals surface area contributed by atoms with Gasteiger partial charge in [0.15, 0.2) is 0 Å². The summed E-state index contributed by atoms with van der Waals surface area (Å²) < 4.78 is 12.1. The second-order valence-electron chi connectivity index (χ2n) is 6.06. The average Bonchev–Trinajstić information content (AvgIpc) is 2.88. The van der Waals surface area contributed by atoms with Crippen LogP contribution >= 0.6 is 11.8 Å². The van der Waals surface area contributed by atoms with Crippen molar-refractivity contribution in [1.29, 1.82) is 0 Å². The van der Waals surface area contributed by atoms with Crippen LogP contribution in [0, 0.1) is 5.92 Å². The van der Waals surface area contributed by atoms with Crippen molar-refractivity contribution < 1.29 is 9.47 Å². The molecule has 2 fully saturated rings. The fourth-order valence-electron chi connectivity index (χ4n) is 3.65. The zero-order chi connectivity index (χ0) is 14.4. The molecule has 0 aromatic rings. The second kappa shape index (κ2) is 7.99. The van der Waals surface area contributed by atoms with Crippen molar-refractivity contribution >= 4 is 11.8 Å². The molecule has 0 bridgehead atoms. The lowest BCUT2D eigenvalue weighted by molar-refractivity contribution is -0.0980. The molecular weight excluding hydrogens is 272 g/mol. The van der Waals surface area contributed by atoms with Crippen LogP contribution in [0.4, 0.5) is 0 Å². The summed E-state index contributed by atoms with van der Waals surface area (Å²) in [4.78, 5) is 0. The third kappa shape index (κ3) is 3.89. The predicted molar refractivity (Wildman–Crippen MR) is 84.8 cm³/mol. The minimum atomic E-state index is 0.117. The molecule has 5 heteroatoms. The maximum Gasteiger partial charge on any atom is 0.0783 e. The Labute approximate surface area is 127 Å². The van der Waals surface area contributed by atoms with E-state index in [1.165, 1.54) is 12.2 Å². The third-order valence-electron chi connectivity index (χ3n) is 4.65. The van der Waals surface area contributed by atoms with Gasteiger partial charge >= 0.3 is 0 Å². The maximum absolute atomic E-state index is 6.12. The minimum Gasteiger partial charge on any atom is -0.377 e. The summed E-state index contributed by atoms with van der Waals surface area (Å²) in [6, 6.07) is 0.251. The van der Waals surface area contributed by atoms with Crippen LogP contribution in [-0.4, -0.2) is 42.5 Å². The highest BCUT2D eigenvalue weighted by Crippen LogP contribution is 2.41. The first-order valence-electron chi connectivity index (χ1n) is 8.04. The van der Waals surface area contributed by atoms with E-state index in [0.717, 1.165) is 44.6 Å². The van der Waals surface area contributed by atoms with Crippen molar-refractivity contribution in [3.8, 4) is 0 Å². The highest BCUT2D eigenvalue weighted by molar-refractivity contribution is 7.99. The first kappa shape index (κ1) is 16.6. The molecule has 20 heavy (non-hydrogen) atoms. The van der Waals surface area contributed by atoms with E-state index in [-0.39, 0.29) is 17.7 Å². The van der Waals surface area contributed by atoms with Crippen molar-refractivity contribution in [3.05, 3.63) is 0 Å². The molecule has 4 nitrogen and oxygen atoms in total. The molecule has 4 atom stereocenters. The Kier molecular flexibility index (Phi) is 6.62. The highest BCUT2D eigenvalue weighted by atomic mass is 32.2. The molecule has 2 saturated heterocycles. The van der Waals surface area contributed by atoms with Gasteiger partial charge in [-0.15, -0.1) is 0 Å². The zero-order valence-corrected chi connectivity index (χ0v) is 13.7. The first-order chi connectivity index (χ1) is 9.74. The lowest BCUT2D eigenvalue weighted by atomic mass is 9.79. The fraction of sp³-hybridized carbons (Fsp3) is 1.00. The van der Waals surface area contributed by atoms with Gasteiger partial charge in [-0.3, -0.25) is 11.3 Å². The van der Waals surface area contributed by atoms with Crippen molar-refractivity contribution in [2.24, 2.45) is 11.8 Å². The summed E-state index contributed by atoms with van der Waals surface area (Å²) in [6.07, 6.45) is 5.84. The molecule has 0 amide bonds. The van der Waals surface area contributed by atoms with Crippen molar-refractivity contribution in [2.75, 3.05) is 24.7 Å². The van der Waals surface area contributed by atoms with Crippen LogP contribution in [0.5, 0.6) is 0 Å². The van der Waals surface area contributed by atoms with Crippen LogP contribution in [0.2, 0.25) is 0 Å². The summed E-state index contributed by atoms with van der Waals surface area (Å²) in [5.41, 5.74) is 3.18. The third-order valence-corrected chi connectivity index (χ3v) is 5.88. The maximum atomic E-state index is 6.12. The van der Waals surface area contributed by atoms with Gasteiger partial charge < -0.3 is 9.47 Å². The van der Waals surface area contributed by atoms with Gasteiger partial charge in [-0.1, -0.05) is 13.3 Å². The quantitative estimate of drug-likeness (QED) is 0.558. The monoisotopic (exact) mass is 302 g/mol. The highest BCUT2D eigenvalue weighted by Gasteiger charge is 2.43. The molecule has 0 aliphatic carbocycles. The van der Waals surface area contributed by atoms with E-state index in [1.54, 1.807) is 0 Å². The Morgan fingerprint density at radius 1 is 1.50 bits per heavy atom. The molecule has 2 aliphatic heterocycles. The van der Waals surface area contributed by atoms with Crippen LogP contribution in [0.15, 0.2) is 0 Å². The lowest BCUT2D eigenvalue weighted by Crippen LogP contribution is -2.54. The second-order valence-corrected chi connectivity index (χ2v) is 7.17. The van der Waals surface area contributed by atoms with Gasteiger partial charge in [0.25, 0.3) is 0 Å². The molecule has 0 saturated carbocycles. The van der Waals surface area contributed by atoms with Crippen LogP contribution in [0.1, 0.15) is 46.0 Å². The Hall–Kier alpha value is 0.190. The molecule has 1 spiro atoms. The zero-order valence-electron chi connectivity index (χ0n) is 12.9. The van der Waals surface area contributed by atoms with Crippen molar-refractivity contribution in [2.45, 2.75) is 63.7 Å². The van der Waals surface area contributed by atoms with Crippen LogP contribution in [0.3, 0.4) is 0 Å². The van der Waals surface area contributed by atoms with Crippen molar-refractivity contribution in [3.63, 3.8) is 0 Å². The fourth-order valence-corrected chi connectivity index (χ4v) is 5.03. The number of hydrogen-bond donors (Lipinski definition) is 2. The Morgan fingerprint density at radius 2 is 2.35 bits per heavy atom. The number of nitrogens with two attached hydrogens (primary N) is 1. The largest absolute Gasteiger partial charge is 0.377 e. The van der Waals surface area contributed by atoms with E-state index < -0.39 is 0 Å². The molecule has 2 heterocycles. The number of hydrazine groups is 1. The average molecular weight is 302 g/mol. The summed E-state index contributed by atoms with van der Waals surface area (Å²) >= 11 is 2.02. The van der Waals surface area contributed by atoms with Crippen molar-refractivity contribution in [1.82, 2.24) is 5.43 Å². The Morgan fingerprint density at radius 3 is 2.95 bits per heavy atom. The number of ether oxygens (including phenoxy) is 2. The molecule has 2 rings (SSSR count). The first-order valence-corrected chi connectivity index (χ1v) is 9.19. The number of rotatable bonds is 7. The summed E-state index contributed by atoms with van der Waals surface area (Å²) in [5.74, 6) is 8.82. The van der Waals surface area contributed by atoms with Crippen LogP contribution in [-0.2, 0) is 9.47 Å². The van der Waals surface area contributed by atoms with Crippen LogP contribution in [0.25, 0.3) is 0 Å². The molecule has 118 valence electrons. The van der Waals surface area contributed by atoms with E-state index in [0.29, 0.717) is 5.92 Å². The summed E-state index contributed by atoms with van der Waals surface area (Å²) in [5, 5.41) is 0. The van der Waals surface area contributed by atoms with Gasteiger partial charge in [0, 0.05) is 19.0 Å². The van der Waals surface area contributed by atoms with E-state index in [1.807, 2.05) is 11.8 Å². The molecule has 0 aromatic heterocycles. The Balaban J connectivity index is 2.01. The molecule has 0 aromatic carbocycles. The van der Waals surface area contributed by atoms with Gasteiger partial charge in [0.1, 0.15) is 0 Å². The van der Waals surface area contributed by atoms with E-state index in [9.17, 15) is 0 Å².